The van der Waals surface area contributed by atoms with E-state index in [1.165, 1.54) is 7.11 Å². The molecule has 7 heteroatoms. The lowest BCUT2D eigenvalue weighted by Gasteiger charge is -2.23. The van der Waals surface area contributed by atoms with Crippen LogP contribution in [-0.4, -0.2) is 39.4 Å². The molecule has 0 aromatic heterocycles. The SMILES string of the molecule is COCCC(C)(O)CNS(=O)(=O)c1cc(C)cc(N)c1C. The lowest BCUT2D eigenvalue weighted by atomic mass is 10.0. The topological polar surface area (TPSA) is 102 Å². The minimum absolute atomic E-state index is 0.0913. The van der Waals surface area contributed by atoms with Crippen LogP contribution in [0.5, 0.6) is 0 Å². The second-order valence-corrected chi connectivity index (χ2v) is 7.28. The van der Waals surface area contributed by atoms with Crippen molar-refractivity contribution in [2.75, 3.05) is 26.0 Å². The zero-order valence-corrected chi connectivity index (χ0v) is 13.8. The number of rotatable bonds is 7. The molecule has 0 spiro atoms. The van der Waals surface area contributed by atoms with Crippen molar-refractivity contribution in [2.24, 2.45) is 0 Å². The Morgan fingerprint density at radius 3 is 2.57 bits per heavy atom. The maximum Gasteiger partial charge on any atom is 0.241 e. The van der Waals surface area contributed by atoms with Crippen LogP contribution in [0.25, 0.3) is 0 Å². The molecule has 1 aromatic rings. The van der Waals surface area contributed by atoms with E-state index in [1.807, 2.05) is 0 Å². The van der Waals surface area contributed by atoms with E-state index in [2.05, 4.69) is 4.72 Å². The summed E-state index contributed by atoms with van der Waals surface area (Å²) in [5.74, 6) is 0. The molecule has 0 fully saturated rings. The first-order valence-electron chi connectivity index (χ1n) is 6.67. The fourth-order valence-electron chi connectivity index (χ4n) is 1.87. The summed E-state index contributed by atoms with van der Waals surface area (Å²) in [7, 11) is -2.20. The Balaban J connectivity index is 2.93. The summed E-state index contributed by atoms with van der Waals surface area (Å²) in [6.07, 6.45) is 0.334. The molecule has 1 rings (SSSR count). The quantitative estimate of drug-likeness (QED) is 0.650. The van der Waals surface area contributed by atoms with Crippen molar-refractivity contribution < 1.29 is 18.3 Å². The number of hydrogen-bond donors (Lipinski definition) is 3. The van der Waals surface area contributed by atoms with E-state index in [0.29, 0.717) is 24.3 Å². The third-order valence-corrected chi connectivity index (χ3v) is 4.85. The van der Waals surface area contributed by atoms with Crippen molar-refractivity contribution in [2.45, 2.75) is 37.7 Å². The average Bonchev–Trinajstić information content (AvgIpc) is 2.38. The molecule has 6 nitrogen and oxygen atoms in total. The van der Waals surface area contributed by atoms with Crippen molar-refractivity contribution in [1.82, 2.24) is 4.72 Å². The first-order chi connectivity index (χ1) is 9.59. The summed E-state index contributed by atoms with van der Waals surface area (Å²) in [5.41, 5.74) is 6.34. The molecule has 0 saturated carbocycles. The van der Waals surface area contributed by atoms with Gasteiger partial charge in [0.1, 0.15) is 0 Å². The maximum absolute atomic E-state index is 12.4. The number of nitrogen functional groups attached to an aromatic ring is 1. The van der Waals surface area contributed by atoms with Crippen LogP contribution in [0.1, 0.15) is 24.5 Å². The number of benzene rings is 1. The van der Waals surface area contributed by atoms with Crippen molar-refractivity contribution >= 4 is 15.7 Å². The number of ether oxygens (including phenoxy) is 1. The van der Waals surface area contributed by atoms with Crippen LogP contribution < -0.4 is 10.5 Å². The highest BCUT2D eigenvalue weighted by atomic mass is 32.2. The van der Waals surface area contributed by atoms with Crippen molar-refractivity contribution in [3.63, 3.8) is 0 Å². The normalized spacial score (nSPS) is 14.9. The van der Waals surface area contributed by atoms with Crippen LogP contribution in [0.2, 0.25) is 0 Å². The molecule has 21 heavy (non-hydrogen) atoms. The Kier molecular flexibility index (Phi) is 5.75. The molecule has 0 aliphatic carbocycles. The minimum Gasteiger partial charge on any atom is -0.398 e. The molecule has 0 saturated heterocycles. The predicted molar refractivity (Wildman–Crippen MR) is 82.6 cm³/mol. The lowest BCUT2D eigenvalue weighted by molar-refractivity contribution is 0.0292. The molecule has 0 bridgehead atoms. The van der Waals surface area contributed by atoms with Gasteiger partial charge in [-0.2, -0.15) is 0 Å². The van der Waals surface area contributed by atoms with E-state index in [4.69, 9.17) is 10.5 Å². The molecular formula is C14H24N2O4S. The van der Waals surface area contributed by atoms with Gasteiger partial charge in [0.2, 0.25) is 10.0 Å². The molecule has 0 aliphatic rings. The zero-order chi connectivity index (χ0) is 16.3. The van der Waals surface area contributed by atoms with Gasteiger partial charge in [-0.1, -0.05) is 0 Å². The number of anilines is 1. The zero-order valence-electron chi connectivity index (χ0n) is 12.9. The van der Waals surface area contributed by atoms with Gasteiger partial charge in [0.25, 0.3) is 0 Å². The van der Waals surface area contributed by atoms with Crippen molar-refractivity contribution in [3.05, 3.63) is 23.3 Å². The van der Waals surface area contributed by atoms with Gasteiger partial charge in [-0.05, 0) is 44.0 Å². The van der Waals surface area contributed by atoms with E-state index in [1.54, 1.807) is 32.9 Å². The highest BCUT2D eigenvalue weighted by Crippen LogP contribution is 2.23. The molecule has 120 valence electrons. The lowest BCUT2D eigenvalue weighted by Crippen LogP contribution is -2.41. The van der Waals surface area contributed by atoms with Gasteiger partial charge in [-0.25, -0.2) is 13.1 Å². The largest absolute Gasteiger partial charge is 0.398 e. The summed E-state index contributed by atoms with van der Waals surface area (Å²) < 4.78 is 32.1. The summed E-state index contributed by atoms with van der Waals surface area (Å²) in [6.45, 7) is 5.26. The number of nitrogens with two attached hydrogens (primary N) is 1. The smallest absolute Gasteiger partial charge is 0.241 e. The fraction of sp³-hybridized carbons (Fsp3) is 0.571. The number of methoxy groups -OCH3 is 1. The summed E-state index contributed by atoms with van der Waals surface area (Å²) in [4.78, 5) is 0.141. The van der Waals surface area contributed by atoms with E-state index in [-0.39, 0.29) is 11.4 Å². The fourth-order valence-corrected chi connectivity index (χ4v) is 3.39. The maximum atomic E-state index is 12.4. The molecule has 0 aliphatic heterocycles. The molecule has 0 radical (unpaired) electrons. The highest BCUT2D eigenvalue weighted by molar-refractivity contribution is 7.89. The van der Waals surface area contributed by atoms with Gasteiger partial charge < -0.3 is 15.6 Å². The number of aryl methyl sites for hydroxylation is 1. The first-order valence-corrected chi connectivity index (χ1v) is 8.15. The molecule has 1 unspecified atom stereocenters. The Labute approximate surface area is 126 Å². The second kappa shape index (κ2) is 6.74. The number of hydrogen-bond acceptors (Lipinski definition) is 5. The Morgan fingerprint density at radius 1 is 1.38 bits per heavy atom. The van der Waals surface area contributed by atoms with Crippen LogP contribution in [0, 0.1) is 13.8 Å². The molecule has 0 heterocycles. The van der Waals surface area contributed by atoms with Crippen LogP contribution >= 0.6 is 0 Å². The predicted octanol–water partition coefficient (Wildman–Crippen LogP) is 0.951. The Bertz CT molecular complexity index is 597. The van der Waals surface area contributed by atoms with E-state index in [9.17, 15) is 13.5 Å². The van der Waals surface area contributed by atoms with Gasteiger partial charge in [-0.3, -0.25) is 0 Å². The van der Waals surface area contributed by atoms with Gasteiger partial charge in [0.15, 0.2) is 0 Å². The summed E-state index contributed by atoms with van der Waals surface area (Å²) in [5, 5.41) is 10.1. The first kappa shape index (κ1) is 17.9. The Hall–Kier alpha value is -1.15. The molecular weight excluding hydrogens is 292 g/mol. The van der Waals surface area contributed by atoms with Gasteiger partial charge in [0, 0.05) is 32.4 Å². The molecule has 1 aromatic carbocycles. The van der Waals surface area contributed by atoms with Gasteiger partial charge in [0.05, 0.1) is 10.5 Å². The third-order valence-electron chi connectivity index (χ3n) is 3.32. The minimum atomic E-state index is -3.72. The van der Waals surface area contributed by atoms with Gasteiger partial charge in [-0.15, -0.1) is 0 Å². The second-order valence-electron chi connectivity index (χ2n) is 5.54. The van der Waals surface area contributed by atoms with E-state index in [0.717, 1.165) is 5.56 Å². The van der Waals surface area contributed by atoms with E-state index < -0.39 is 15.6 Å². The monoisotopic (exact) mass is 316 g/mol. The Morgan fingerprint density at radius 2 is 2.00 bits per heavy atom. The molecule has 1 atom stereocenters. The molecule has 4 N–H and O–H groups in total. The summed E-state index contributed by atoms with van der Waals surface area (Å²) >= 11 is 0. The van der Waals surface area contributed by atoms with Gasteiger partial charge >= 0.3 is 0 Å². The summed E-state index contributed by atoms with van der Waals surface area (Å²) in [6, 6.07) is 3.29. The standard InChI is InChI=1S/C14H24N2O4S/c1-10-7-12(15)11(2)13(8-10)21(18,19)16-9-14(3,17)5-6-20-4/h7-8,16-17H,5-6,9,15H2,1-4H3. The van der Waals surface area contributed by atoms with Crippen molar-refractivity contribution in [1.29, 1.82) is 0 Å². The van der Waals surface area contributed by atoms with Crippen molar-refractivity contribution in [3.8, 4) is 0 Å². The van der Waals surface area contributed by atoms with E-state index >= 15 is 0 Å². The van der Waals surface area contributed by atoms with Crippen LogP contribution in [0.3, 0.4) is 0 Å². The number of sulfonamides is 1. The number of nitrogens with one attached hydrogen (secondary N) is 1. The molecule has 0 amide bonds. The van der Waals surface area contributed by atoms with Crippen LogP contribution in [-0.2, 0) is 14.8 Å². The van der Waals surface area contributed by atoms with Crippen LogP contribution in [0.15, 0.2) is 17.0 Å². The average molecular weight is 316 g/mol. The third kappa shape index (κ3) is 4.96. The number of aliphatic hydroxyl groups is 1. The highest BCUT2D eigenvalue weighted by Gasteiger charge is 2.25. The van der Waals surface area contributed by atoms with Crippen LogP contribution in [0.4, 0.5) is 5.69 Å².